The number of aryl methyl sites for hydroxylation is 1. The lowest BCUT2D eigenvalue weighted by Gasteiger charge is -2.34. The van der Waals surface area contributed by atoms with E-state index in [1.807, 2.05) is 23.1 Å². The van der Waals surface area contributed by atoms with Crippen molar-refractivity contribution in [1.29, 1.82) is 0 Å². The molecule has 1 fully saturated rings. The van der Waals surface area contributed by atoms with E-state index in [4.69, 9.17) is 9.47 Å². The van der Waals surface area contributed by atoms with Crippen LogP contribution in [-0.4, -0.2) is 43.3 Å². The topological polar surface area (TPSA) is 89.8 Å². The Morgan fingerprint density at radius 3 is 2.59 bits per heavy atom. The van der Waals surface area contributed by atoms with Crippen molar-refractivity contribution in [3.63, 3.8) is 0 Å². The minimum atomic E-state index is -0.346. The zero-order valence-corrected chi connectivity index (χ0v) is 15.8. The van der Waals surface area contributed by atoms with Crippen LogP contribution in [-0.2, 0) is 0 Å². The van der Waals surface area contributed by atoms with Gasteiger partial charge in [-0.15, -0.1) is 0 Å². The highest BCUT2D eigenvalue weighted by Gasteiger charge is 2.28. The van der Waals surface area contributed by atoms with Gasteiger partial charge in [0.2, 0.25) is 5.82 Å². The molecule has 3 rings (SSSR count). The fraction of sp³-hybridized carbons (Fsp3) is 0.421. The Morgan fingerprint density at radius 1 is 1.26 bits per heavy atom. The van der Waals surface area contributed by atoms with E-state index in [-0.39, 0.29) is 16.7 Å². The highest BCUT2D eigenvalue weighted by molar-refractivity contribution is 5.62. The summed E-state index contributed by atoms with van der Waals surface area (Å²) in [5.74, 6) is 1.86. The second-order valence-electron chi connectivity index (χ2n) is 6.59. The molecule has 1 atom stereocenters. The molecule has 2 aromatic rings. The normalized spacial score (nSPS) is 16.7. The van der Waals surface area contributed by atoms with Crippen molar-refractivity contribution in [3.05, 3.63) is 46.1 Å². The third-order valence-corrected chi connectivity index (χ3v) is 4.73. The van der Waals surface area contributed by atoms with Crippen LogP contribution in [0.2, 0.25) is 0 Å². The third kappa shape index (κ3) is 4.21. The highest BCUT2D eigenvalue weighted by Crippen LogP contribution is 2.32. The van der Waals surface area contributed by atoms with Gasteiger partial charge < -0.3 is 19.7 Å². The SMILES string of the molecule is COc1cc(NC2CCCN(c3nccc(C)c3[N+](=O)[O-])C2)cc(OC)c1. The molecule has 0 radical (unpaired) electrons. The molecule has 1 aliphatic rings. The molecule has 1 aromatic carbocycles. The van der Waals surface area contributed by atoms with Crippen LogP contribution < -0.4 is 19.7 Å². The van der Waals surface area contributed by atoms with Crippen molar-refractivity contribution in [2.24, 2.45) is 0 Å². The van der Waals surface area contributed by atoms with Gasteiger partial charge in [0.1, 0.15) is 11.5 Å². The number of methoxy groups -OCH3 is 2. The number of piperidine rings is 1. The van der Waals surface area contributed by atoms with E-state index in [1.54, 1.807) is 33.4 Å². The van der Waals surface area contributed by atoms with Crippen molar-refractivity contribution < 1.29 is 14.4 Å². The van der Waals surface area contributed by atoms with Crippen molar-refractivity contribution in [3.8, 4) is 11.5 Å². The predicted octanol–water partition coefficient (Wildman–Crippen LogP) is 3.40. The minimum Gasteiger partial charge on any atom is -0.497 e. The lowest BCUT2D eigenvalue weighted by molar-refractivity contribution is -0.384. The number of aromatic nitrogens is 1. The van der Waals surface area contributed by atoms with Gasteiger partial charge in [-0.05, 0) is 25.8 Å². The summed E-state index contributed by atoms with van der Waals surface area (Å²) in [6, 6.07) is 7.45. The number of hydrogen-bond acceptors (Lipinski definition) is 7. The Kier molecular flexibility index (Phi) is 5.63. The lowest BCUT2D eigenvalue weighted by atomic mass is 10.0. The molecule has 0 spiro atoms. The Labute approximate surface area is 158 Å². The van der Waals surface area contributed by atoms with E-state index in [1.165, 1.54) is 0 Å². The monoisotopic (exact) mass is 372 g/mol. The van der Waals surface area contributed by atoms with Crippen molar-refractivity contribution in [2.45, 2.75) is 25.8 Å². The number of ether oxygens (including phenoxy) is 2. The van der Waals surface area contributed by atoms with E-state index in [0.29, 0.717) is 29.4 Å². The first-order valence-corrected chi connectivity index (χ1v) is 8.86. The summed E-state index contributed by atoms with van der Waals surface area (Å²) in [5.41, 5.74) is 1.60. The maximum atomic E-state index is 11.5. The van der Waals surface area contributed by atoms with Crippen LogP contribution >= 0.6 is 0 Å². The summed E-state index contributed by atoms with van der Waals surface area (Å²) in [7, 11) is 3.23. The van der Waals surface area contributed by atoms with Gasteiger partial charge in [0.05, 0.1) is 19.1 Å². The zero-order valence-electron chi connectivity index (χ0n) is 15.8. The summed E-state index contributed by atoms with van der Waals surface area (Å²) in [6.45, 7) is 3.12. The first-order chi connectivity index (χ1) is 13.0. The van der Waals surface area contributed by atoms with Gasteiger partial charge in [-0.3, -0.25) is 10.1 Å². The zero-order chi connectivity index (χ0) is 19.4. The summed E-state index contributed by atoms with van der Waals surface area (Å²) in [4.78, 5) is 17.4. The van der Waals surface area contributed by atoms with Gasteiger partial charge in [0.15, 0.2) is 0 Å². The molecule has 1 N–H and O–H groups in total. The molecule has 2 heterocycles. The molecule has 0 bridgehead atoms. The van der Waals surface area contributed by atoms with Crippen molar-refractivity contribution in [2.75, 3.05) is 37.5 Å². The average molecular weight is 372 g/mol. The summed E-state index contributed by atoms with van der Waals surface area (Å²) < 4.78 is 10.6. The summed E-state index contributed by atoms with van der Waals surface area (Å²) in [5, 5.41) is 15.0. The first kappa shape index (κ1) is 18.8. The Morgan fingerprint density at radius 2 is 1.96 bits per heavy atom. The van der Waals surface area contributed by atoms with E-state index in [9.17, 15) is 10.1 Å². The number of nitro groups is 1. The fourth-order valence-corrected chi connectivity index (χ4v) is 3.41. The maximum Gasteiger partial charge on any atom is 0.314 e. The molecular weight excluding hydrogens is 348 g/mol. The van der Waals surface area contributed by atoms with E-state index >= 15 is 0 Å². The van der Waals surface area contributed by atoms with E-state index in [0.717, 1.165) is 25.1 Å². The molecule has 1 saturated heterocycles. The average Bonchev–Trinajstić information content (AvgIpc) is 2.67. The second-order valence-corrected chi connectivity index (χ2v) is 6.59. The standard InChI is InChI=1S/C19H24N4O4/c1-13-6-7-20-19(18(13)23(24)25)22-8-4-5-14(12-22)21-15-9-16(26-2)11-17(10-15)27-3/h6-7,9-11,14,21H,4-5,8,12H2,1-3H3. The number of benzene rings is 1. The van der Waals surface area contributed by atoms with Crippen LogP contribution in [0.4, 0.5) is 17.2 Å². The van der Waals surface area contributed by atoms with E-state index in [2.05, 4.69) is 10.3 Å². The van der Waals surface area contributed by atoms with E-state index < -0.39 is 0 Å². The second kappa shape index (κ2) is 8.11. The lowest BCUT2D eigenvalue weighted by Crippen LogP contribution is -2.42. The van der Waals surface area contributed by atoms with Gasteiger partial charge in [-0.2, -0.15) is 0 Å². The number of rotatable bonds is 6. The number of anilines is 2. The van der Waals surface area contributed by atoms with Gasteiger partial charge in [0.25, 0.3) is 0 Å². The third-order valence-electron chi connectivity index (χ3n) is 4.73. The minimum absolute atomic E-state index is 0.0844. The Hall–Kier alpha value is -3.03. The molecule has 0 aliphatic carbocycles. The molecule has 8 nitrogen and oxygen atoms in total. The van der Waals surface area contributed by atoms with Crippen LogP contribution in [0, 0.1) is 17.0 Å². The number of hydrogen-bond donors (Lipinski definition) is 1. The molecule has 0 amide bonds. The predicted molar refractivity (Wildman–Crippen MR) is 104 cm³/mol. The molecular formula is C19H24N4O4. The molecule has 144 valence electrons. The molecule has 8 heteroatoms. The smallest absolute Gasteiger partial charge is 0.314 e. The Balaban J connectivity index is 1.80. The summed E-state index contributed by atoms with van der Waals surface area (Å²) in [6.07, 6.45) is 3.52. The van der Waals surface area contributed by atoms with Gasteiger partial charge >= 0.3 is 5.69 Å². The fourth-order valence-electron chi connectivity index (χ4n) is 3.41. The van der Waals surface area contributed by atoms with Crippen LogP contribution in [0.25, 0.3) is 0 Å². The molecule has 27 heavy (non-hydrogen) atoms. The van der Waals surface area contributed by atoms with Crippen molar-refractivity contribution in [1.82, 2.24) is 4.98 Å². The maximum absolute atomic E-state index is 11.5. The number of nitrogens with one attached hydrogen (secondary N) is 1. The molecule has 1 unspecified atom stereocenters. The van der Waals surface area contributed by atoms with Gasteiger partial charge in [-0.1, -0.05) is 0 Å². The molecule has 1 aliphatic heterocycles. The van der Waals surface area contributed by atoms with Crippen molar-refractivity contribution >= 4 is 17.2 Å². The quantitative estimate of drug-likeness (QED) is 0.614. The molecule has 0 saturated carbocycles. The van der Waals surface area contributed by atoms with Crippen LogP contribution in [0.15, 0.2) is 30.5 Å². The van der Waals surface area contributed by atoms with Crippen LogP contribution in [0.5, 0.6) is 11.5 Å². The first-order valence-electron chi connectivity index (χ1n) is 8.86. The van der Waals surface area contributed by atoms with Crippen LogP contribution in [0.3, 0.4) is 0 Å². The molecule has 1 aromatic heterocycles. The van der Waals surface area contributed by atoms with Gasteiger partial charge in [-0.25, -0.2) is 4.98 Å². The Bertz CT molecular complexity index is 805. The largest absolute Gasteiger partial charge is 0.497 e. The number of nitrogens with zero attached hydrogens (tertiary/aromatic N) is 3. The number of pyridine rings is 1. The van der Waals surface area contributed by atoms with Gasteiger partial charge in [0, 0.05) is 54.8 Å². The van der Waals surface area contributed by atoms with Crippen LogP contribution in [0.1, 0.15) is 18.4 Å². The highest BCUT2D eigenvalue weighted by atomic mass is 16.6. The summed E-state index contributed by atoms with van der Waals surface area (Å²) >= 11 is 0.